The molecule has 0 aliphatic rings. The zero-order valence-electron chi connectivity index (χ0n) is 16.2. The first kappa shape index (κ1) is 25.7. The summed E-state index contributed by atoms with van der Waals surface area (Å²) in [5.74, 6) is 0.718. The van der Waals surface area contributed by atoms with Gasteiger partial charge in [0.2, 0.25) is 5.88 Å². The maximum atomic E-state index is 12.5. The Hall–Kier alpha value is -1.30. The lowest BCUT2D eigenvalue weighted by atomic mass is 9.89. The van der Waals surface area contributed by atoms with Crippen molar-refractivity contribution >= 4 is 29.9 Å². The number of nitrogens with zero attached hydrogens (tertiary/aromatic N) is 2. The number of rotatable bonds is 7. The molecule has 0 spiro atoms. The quantitative estimate of drug-likeness (QED) is 0.258. The van der Waals surface area contributed by atoms with E-state index in [1.165, 1.54) is 6.07 Å². The second-order valence-electron chi connectivity index (χ2n) is 6.70. The smallest absolute Gasteiger partial charge is 0.417 e. The summed E-state index contributed by atoms with van der Waals surface area (Å²) in [6.07, 6.45) is -3.65. The highest BCUT2D eigenvalue weighted by Gasteiger charge is 2.30. The summed E-state index contributed by atoms with van der Waals surface area (Å²) in [5, 5.41) is 6.22. The molecule has 0 aromatic carbocycles. The van der Waals surface area contributed by atoms with Gasteiger partial charge < -0.3 is 20.1 Å². The molecule has 0 radical (unpaired) electrons. The van der Waals surface area contributed by atoms with Gasteiger partial charge in [0, 0.05) is 33.0 Å². The summed E-state index contributed by atoms with van der Waals surface area (Å²) in [5.41, 5.74) is -0.822. The van der Waals surface area contributed by atoms with Gasteiger partial charge in [-0.05, 0) is 11.5 Å². The van der Waals surface area contributed by atoms with Crippen LogP contribution in [0.25, 0.3) is 0 Å². The molecule has 6 nitrogen and oxygen atoms in total. The predicted octanol–water partition coefficient (Wildman–Crippen LogP) is 3.32. The lowest BCUT2D eigenvalue weighted by Crippen LogP contribution is -2.46. The Labute approximate surface area is 175 Å². The highest BCUT2D eigenvalue weighted by molar-refractivity contribution is 14.0. The van der Waals surface area contributed by atoms with Crippen LogP contribution in [0.15, 0.2) is 23.3 Å². The van der Waals surface area contributed by atoms with Crippen molar-refractivity contribution in [2.45, 2.75) is 33.1 Å². The van der Waals surface area contributed by atoms with E-state index in [1.54, 1.807) is 14.2 Å². The molecule has 1 aromatic heterocycles. The van der Waals surface area contributed by atoms with Gasteiger partial charge in [0.25, 0.3) is 0 Å². The Morgan fingerprint density at radius 1 is 1.22 bits per heavy atom. The Bertz CT molecular complexity index is 575. The van der Waals surface area contributed by atoms with Crippen LogP contribution in [0.3, 0.4) is 0 Å². The summed E-state index contributed by atoms with van der Waals surface area (Å²) < 4.78 is 48.2. The van der Waals surface area contributed by atoms with Crippen molar-refractivity contribution in [2.24, 2.45) is 10.4 Å². The van der Waals surface area contributed by atoms with E-state index in [2.05, 4.69) is 41.4 Å². The number of ether oxygens (including phenoxy) is 2. The Kier molecular flexibility index (Phi) is 11.0. The highest BCUT2D eigenvalue weighted by atomic mass is 127. The molecule has 27 heavy (non-hydrogen) atoms. The standard InChI is InChI=1S/C17H27F3N4O2.HI/c1-16(2,3)13(25-5)11-24-15(21-4)22-8-9-26-14-7-6-12(10-23-14)17(18,19)20;/h6-7,10,13H,8-9,11H2,1-5H3,(H2,21,22,24);1H. The lowest BCUT2D eigenvalue weighted by molar-refractivity contribution is -0.137. The normalized spacial score (nSPS) is 13.6. The molecular weight excluding hydrogens is 476 g/mol. The number of halogens is 4. The van der Waals surface area contributed by atoms with Gasteiger partial charge in [-0.15, -0.1) is 24.0 Å². The maximum absolute atomic E-state index is 12.5. The number of hydrogen-bond acceptors (Lipinski definition) is 4. The summed E-state index contributed by atoms with van der Waals surface area (Å²) in [7, 11) is 3.31. The zero-order chi connectivity index (χ0) is 19.8. The van der Waals surface area contributed by atoms with Crippen molar-refractivity contribution < 1.29 is 22.6 Å². The van der Waals surface area contributed by atoms with Crippen LogP contribution in [-0.2, 0) is 10.9 Å². The largest absolute Gasteiger partial charge is 0.476 e. The van der Waals surface area contributed by atoms with Gasteiger partial charge in [0.1, 0.15) is 6.61 Å². The molecule has 0 fully saturated rings. The number of hydrogen-bond donors (Lipinski definition) is 2. The van der Waals surface area contributed by atoms with Crippen molar-refractivity contribution in [2.75, 3.05) is 33.9 Å². The van der Waals surface area contributed by atoms with Crippen molar-refractivity contribution in [1.29, 1.82) is 0 Å². The zero-order valence-corrected chi connectivity index (χ0v) is 18.5. The second kappa shape index (κ2) is 11.5. The minimum absolute atomic E-state index is 0. The maximum Gasteiger partial charge on any atom is 0.417 e. The van der Waals surface area contributed by atoms with Crippen molar-refractivity contribution in [1.82, 2.24) is 15.6 Å². The monoisotopic (exact) mass is 504 g/mol. The van der Waals surface area contributed by atoms with Gasteiger partial charge in [-0.2, -0.15) is 13.2 Å². The molecule has 1 heterocycles. The van der Waals surface area contributed by atoms with Gasteiger partial charge in [-0.25, -0.2) is 4.98 Å². The van der Waals surface area contributed by atoms with E-state index in [-0.39, 0.29) is 48.0 Å². The van der Waals surface area contributed by atoms with Crippen LogP contribution in [0, 0.1) is 5.41 Å². The topological polar surface area (TPSA) is 67.8 Å². The van der Waals surface area contributed by atoms with Crippen LogP contribution < -0.4 is 15.4 Å². The molecule has 0 aliphatic heterocycles. The molecule has 0 saturated carbocycles. The number of aliphatic imine (C=N–C) groups is 1. The van der Waals surface area contributed by atoms with E-state index >= 15 is 0 Å². The van der Waals surface area contributed by atoms with Crippen molar-refractivity contribution in [3.63, 3.8) is 0 Å². The van der Waals surface area contributed by atoms with Crippen molar-refractivity contribution in [3.8, 4) is 5.88 Å². The van der Waals surface area contributed by atoms with Crippen LogP contribution in [0.2, 0.25) is 0 Å². The van der Waals surface area contributed by atoms with E-state index in [0.717, 1.165) is 12.3 Å². The highest BCUT2D eigenvalue weighted by Crippen LogP contribution is 2.29. The molecule has 10 heteroatoms. The minimum atomic E-state index is -4.40. The van der Waals surface area contributed by atoms with Crippen LogP contribution in [0.1, 0.15) is 26.3 Å². The molecular formula is C17H28F3IN4O2. The average molecular weight is 504 g/mol. The Balaban J connectivity index is 0.00000676. The average Bonchev–Trinajstić information content (AvgIpc) is 2.55. The van der Waals surface area contributed by atoms with Gasteiger partial charge in [-0.1, -0.05) is 20.8 Å². The van der Waals surface area contributed by atoms with Gasteiger partial charge in [0.15, 0.2) is 5.96 Å². The molecule has 156 valence electrons. The van der Waals surface area contributed by atoms with E-state index < -0.39 is 11.7 Å². The molecule has 0 aliphatic carbocycles. The summed E-state index contributed by atoms with van der Waals surface area (Å²) in [6.45, 7) is 7.49. The Morgan fingerprint density at radius 2 is 1.89 bits per heavy atom. The number of nitrogens with one attached hydrogen (secondary N) is 2. The number of methoxy groups -OCH3 is 1. The molecule has 0 saturated heterocycles. The summed E-state index contributed by atoms with van der Waals surface area (Å²) in [4.78, 5) is 7.75. The minimum Gasteiger partial charge on any atom is -0.476 e. The SMILES string of the molecule is CN=C(NCCOc1ccc(C(F)(F)F)cn1)NCC(OC)C(C)(C)C.I. The molecule has 1 rings (SSSR count). The predicted molar refractivity (Wildman–Crippen MR) is 110 cm³/mol. The third-order valence-corrected chi connectivity index (χ3v) is 3.64. The third kappa shape index (κ3) is 9.45. The van der Waals surface area contributed by atoms with Crippen LogP contribution in [0.4, 0.5) is 13.2 Å². The fourth-order valence-electron chi connectivity index (χ4n) is 2.11. The van der Waals surface area contributed by atoms with Gasteiger partial charge in [0.05, 0.1) is 18.2 Å². The van der Waals surface area contributed by atoms with E-state index in [0.29, 0.717) is 19.0 Å². The number of aromatic nitrogens is 1. The van der Waals surface area contributed by atoms with Crippen LogP contribution in [-0.4, -0.2) is 50.9 Å². The number of pyridine rings is 1. The fraction of sp³-hybridized carbons (Fsp3) is 0.647. The molecule has 0 bridgehead atoms. The Morgan fingerprint density at radius 3 is 2.33 bits per heavy atom. The fourth-order valence-corrected chi connectivity index (χ4v) is 2.11. The first-order valence-corrected chi connectivity index (χ1v) is 8.21. The van der Waals surface area contributed by atoms with E-state index in [4.69, 9.17) is 9.47 Å². The van der Waals surface area contributed by atoms with Crippen LogP contribution >= 0.6 is 24.0 Å². The molecule has 1 unspecified atom stereocenters. The first-order chi connectivity index (χ1) is 12.1. The number of guanidine groups is 1. The summed E-state index contributed by atoms with van der Waals surface area (Å²) in [6, 6.07) is 2.13. The lowest BCUT2D eigenvalue weighted by Gasteiger charge is -2.30. The van der Waals surface area contributed by atoms with E-state index in [9.17, 15) is 13.2 Å². The van der Waals surface area contributed by atoms with Crippen LogP contribution in [0.5, 0.6) is 5.88 Å². The second-order valence-corrected chi connectivity index (χ2v) is 6.70. The molecule has 1 atom stereocenters. The molecule has 1 aromatic rings. The van der Waals surface area contributed by atoms with Gasteiger partial charge >= 0.3 is 6.18 Å². The molecule has 0 amide bonds. The first-order valence-electron chi connectivity index (χ1n) is 8.21. The van der Waals surface area contributed by atoms with Gasteiger partial charge in [-0.3, -0.25) is 4.99 Å². The third-order valence-electron chi connectivity index (χ3n) is 3.64. The van der Waals surface area contributed by atoms with E-state index in [1.807, 2.05) is 0 Å². The molecule has 2 N–H and O–H groups in total. The number of alkyl halides is 3. The van der Waals surface area contributed by atoms with Crippen molar-refractivity contribution in [3.05, 3.63) is 23.9 Å². The summed E-state index contributed by atoms with van der Waals surface area (Å²) >= 11 is 0.